The number of methoxy groups -OCH3 is 1. The lowest BCUT2D eigenvalue weighted by molar-refractivity contribution is -0.137. The van der Waals surface area contributed by atoms with Crippen LogP contribution < -0.4 is 9.64 Å². The maximum Gasteiger partial charge on any atom is 0.416 e. The number of carbonyl (C=O) groups is 1. The lowest BCUT2D eigenvalue weighted by Crippen LogP contribution is -2.54. The van der Waals surface area contributed by atoms with E-state index >= 15 is 0 Å². The predicted molar refractivity (Wildman–Crippen MR) is 85.9 cm³/mol. The fourth-order valence-electron chi connectivity index (χ4n) is 2.56. The average Bonchev–Trinajstić information content (AvgIpc) is 2.57. The summed E-state index contributed by atoms with van der Waals surface area (Å²) in [6.45, 7) is 1.25. The van der Waals surface area contributed by atoms with Crippen molar-refractivity contribution >= 4 is 11.7 Å². The van der Waals surface area contributed by atoms with E-state index in [-0.39, 0.29) is 6.10 Å². The van der Waals surface area contributed by atoms with Crippen LogP contribution in [-0.4, -0.2) is 32.3 Å². The quantitative estimate of drug-likeness (QED) is 0.787. The van der Waals surface area contributed by atoms with Crippen LogP contribution in [-0.2, 0) is 10.9 Å². The fraction of sp³-hybridized carbons (Fsp3) is 0.278. The first-order valence-electron chi connectivity index (χ1n) is 7.64. The Morgan fingerprint density at radius 2 is 1.64 bits per heavy atom. The van der Waals surface area contributed by atoms with Crippen LogP contribution in [0.2, 0.25) is 0 Å². The Hall–Kier alpha value is -2.70. The van der Waals surface area contributed by atoms with Crippen molar-refractivity contribution in [1.82, 2.24) is 0 Å². The Bertz CT molecular complexity index is 736. The first-order chi connectivity index (χ1) is 11.9. The van der Waals surface area contributed by atoms with Crippen molar-refractivity contribution in [3.63, 3.8) is 0 Å². The molecule has 0 atom stereocenters. The Morgan fingerprint density at radius 3 is 2.16 bits per heavy atom. The SMILES string of the molecule is COC(=O)c1ccc(N2CC(Oc3ccc(C(F)(F)F)cc3)C2)cc1. The van der Waals surface area contributed by atoms with E-state index in [0.29, 0.717) is 24.4 Å². The minimum atomic E-state index is -4.35. The molecule has 2 aromatic carbocycles. The number of nitrogens with zero attached hydrogens (tertiary/aromatic N) is 1. The van der Waals surface area contributed by atoms with Gasteiger partial charge in [0, 0.05) is 5.69 Å². The molecule has 0 aromatic heterocycles. The Kier molecular flexibility index (Phi) is 4.57. The highest BCUT2D eigenvalue weighted by Gasteiger charge is 2.31. The van der Waals surface area contributed by atoms with E-state index in [9.17, 15) is 18.0 Å². The van der Waals surface area contributed by atoms with Crippen LogP contribution in [0.1, 0.15) is 15.9 Å². The smallest absolute Gasteiger partial charge is 0.416 e. The van der Waals surface area contributed by atoms with Crippen molar-refractivity contribution in [3.8, 4) is 5.75 Å². The van der Waals surface area contributed by atoms with Gasteiger partial charge in [-0.05, 0) is 48.5 Å². The van der Waals surface area contributed by atoms with Gasteiger partial charge in [0.05, 0.1) is 31.3 Å². The normalized spacial score (nSPS) is 14.8. The molecule has 4 nitrogen and oxygen atoms in total. The summed E-state index contributed by atoms with van der Waals surface area (Å²) in [5, 5.41) is 0. The standard InChI is InChI=1S/C18H16F3NO3/c1-24-17(23)12-2-6-14(7-3-12)22-10-16(11-22)25-15-8-4-13(5-9-15)18(19,20)21/h2-9,16H,10-11H2,1H3. The Balaban J connectivity index is 1.53. The molecule has 3 rings (SSSR count). The number of anilines is 1. The number of esters is 1. The minimum absolute atomic E-state index is 0.0861. The molecule has 0 amide bonds. The van der Waals surface area contributed by atoms with Crippen LogP contribution >= 0.6 is 0 Å². The molecular formula is C18H16F3NO3. The molecule has 7 heteroatoms. The number of halogens is 3. The van der Waals surface area contributed by atoms with Crippen molar-refractivity contribution < 1.29 is 27.4 Å². The zero-order valence-electron chi connectivity index (χ0n) is 13.4. The van der Waals surface area contributed by atoms with E-state index in [1.54, 1.807) is 12.1 Å². The van der Waals surface area contributed by atoms with Crippen LogP contribution in [0.4, 0.5) is 18.9 Å². The molecule has 0 radical (unpaired) electrons. The molecule has 1 aliphatic rings. The summed E-state index contributed by atoms with van der Waals surface area (Å²) in [7, 11) is 1.33. The summed E-state index contributed by atoms with van der Waals surface area (Å²) in [6, 6.07) is 11.7. The Labute approximate surface area is 142 Å². The highest BCUT2D eigenvalue weighted by molar-refractivity contribution is 5.89. The van der Waals surface area contributed by atoms with Gasteiger partial charge < -0.3 is 14.4 Å². The molecule has 1 saturated heterocycles. The van der Waals surface area contributed by atoms with E-state index in [1.807, 2.05) is 12.1 Å². The van der Waals surface area contributed by atoms with Gasteiger partial charge in [-0.1, -0.05) is 0 Å². The van der Waals surface area contributed by atoms with E-state index in [2.05, 4.69) is 9.64 Å². The monoisotopic (exact) mass is 351 g/mol. The van der Waals surface area contributed by atoms with Gasteiger partial charge in [-0.15, -0.1) is 0 Å². The highest BCUT2D eigenvalue weighted by atomic mass is 19.4. The predicted octanol–water partition coefficient (Wildman–Crippen LogP) is 3.76. The summed E-state index contributed by atoms with van der Waals surface area (Å²) in [6.07, 6.45) is -4.43. The summed E-state index contributed by atoms with van der Waals surface area (Å²) >= 11 is 0. The number of ether oxygens (including phenoxy) is 2. The van der Waals surface area contributed by atoms with Gasteiger partial charge in [0.1, 0.15) is 11.9 Å². The molecule has 0 aliphatic carbocycles. The maximum atomic E-state index is 12.5. The first kappa shape index (κ1) is 17.1. The Morgan fingerprint density at radius 1 is 1.04 bits per heavy atom. The molecule has 0 N–H and O–H groups in total. The number of rotatable bonds is 4. The summed E-state index contributed by atoms with van der Waals surface area (Å²) in [5.41, 5.74) is 0.727. The molecule has 0 saturated carbocycles. The molecule has 1 aliphatic heterocycles. The highest BCUT2D eigenvalue weighted by Crippen LogP contribution is 2.31. The third kappa shape index (κ3) is 3.87. The molecule has 0 spiro atoms. The zero-order chi connectivity index (χ0) is 18.0. The van der Waals surface area contributed by atoms with Crippen molar-refractivity contribution in [3.05, 3.63) is 59.7 Å². The zero-order valence-corrected chi connectivity index (χ0v) is 13.4. The molecule has 1 fully saturated rings. The third-order valence-electron chi connectivity index (χ3n) is 3.99. The topological polar surface area (TPSA) is 38.8 Å². The lowest BCUT2D eigenvalue weighted by atomic mass is 10.1. The summed E-state index contributed by atoms with van der Waals surface area (Å²) < 4.78 is 47.9. The largest absolute Gasteiger partial charge is 0.487 e. The second kappa shape index (κ2) is 6.66. The second-order valence-electron chi connectivity index (χ2n) is 5.71. The summed E-state index contributed by atoms with van der Waals surface area (Å²) in [4.78, 5) is 13.4. The van der Waals surface area contributed by atoms with E-state index in [4.69, 9.17) is 4.74 Å². The van der Waals surface area contributed by atoms with E-state index in [0.717, 1.165) is 17.8 Å². The minimum Gasteiger partial charge on any atom is -0.487 e. The number of alkyl halides is 3. The van der Waals surface area contributed by atoms with Crippen molar-refractivity contribution in [2.75, 3.05) is 25.1 Å². The fourth-order valence-corrected chi connectivity index (χ4v) is 2.56. The van der Waals surface area contributed by atoms with Crippen molar-refractivity contribution in [1.29, 1.82) is 0 Å². The number of benzene rings is 2. The van der Waals surface area contributed by atoms with Crippen LogP contribution in [0.3, 0.4) is 0 Å². The first-order valence-corrected chi connectivity index (χ1v) is 7.64. The van der Waals surface area contributed by atoms with Crippen LogP contribution in [0.25, 0.3) is 0 Å². The number of hydrogen-bond acceptors (Lipinski definition) is 4. The molecule has 0 bridgehead atoms. The molecule has 2 aromatic rings. The molecule has 25 heavy (non-hydrogen) atoms. The third-order valence-corrected chi connectivity index (χ3v) is 3.99. The van der Waals surface area contributed by atoms with Gasteiger partial charge in [0.25, 0.3) is 0 Å². The lowest BCUT2D eigenvalue weighted by Gasteiger charge is -2.40. The van der Waals surface area contributed by atoms with Gasteiger partial charge in [0.15, 0.2) is 0 Å². The molecule has 132 valence electrons. The van der Waals surface area contributed by atoms with Crippen LogP contribution in [0.15, 0.2) is 48.5 Å². The van der Waals surface area contributed by atoms with Gasteiger partial charge in [-0.3, -0.25) is 0 Å². The second-order valence-corrected chi connectivity index (χ2v) is 5.71. The van der Waals surface area contributed by atoms with E-state index < -0.39 is 17.7 Å². The number of hydrogen-bond donors (Lipinski definition) is 0. The van der Waals surface area contributed by atoms with Crippen molar-refractivity contribution in [2.45, 2.75) is 12.3 Å². The molecular weight excluding hydrogens is 335 g/mol. The van der Waals surface area contributed by atoms with Gasteiger partial charge in [-0.2, -0.15) is 13.2 Å². The maximum absolute atomic E-state index is 12.5. The van der Waals surface area contributed by atoms with Crippen LogP contribution in [0.5, 0.6) is 5.75 Å². The average molecular weight is 351 g/mol. The number of carbonyl (C=O) groups excluding carboxylic acids is 1. The summed E-state index contributed by atoms with van der Waals surface area (Å²) in [5.74, 6) is 0.0253. The van der Waals surface area contributed by atoms with Crippen LogP contribution in [0, 0.1) is 0 Å². The van der Waals surface area contributed by atoms with Crippen molar-refractivity contribution in [2.24, 2.45) is 0 Å². The molecule has 0 unspecified atom stereocenters. The van der Waals surface area contributed by atoms with E-state index in [1.165, 1.54) is 19.2 Å². The molecule has 1 heterocycles. The van der Waals surface area contributed by atoms with Gasteiger partial charge in [0.2, 0.25) is 0 Å². The van der Waals surface area contributed by atoms with Gasteiger partial charge >= 0.3 is 12.1 Å². The van der Waals surface area contributed by atoms with Gasteiger partial charge in [-0.25, -0.2) is 4.79 Å².